The van der Waals surface area contributed by atoms with Crippen LogP contribution in [0.25, 0.3) is 0 Å². The van der Waals surface area contributed by atoms with Gasteiger partial charge in [-0.1, -0.05) is 60.7 Å². The SMILES string of the molecule is C=CC(C)(NCc1ccccc1C)c1ccccc1. The van der Waals surface area contributed by atoms with Crippen LogP contribution in [0.5, 0.6) is 0 Å². The van der Waals surface area contributed by atoms with Gasteiger partial charge in [-0.3, -0.25) is 0 Å². The summed E-state index contributed by atoms with van der Waals surface area (Å²) in [6.45, 7) is 9.12. The van der Waals surface area contributed by atoms with Crippen LogP contribution in [0.4, 0.5) is 0 Å². The first-order valence-corrected chi connectivity index (χ1v) is 6.64. The highest BCUT2D eigenvalue weighted by Crippen LogP contribution is 2.22. The normalized spacial score (nSPS) is 13.8. The zero-order valence-electron chi connectivity index (χ0n) is 11.7. The highest BCUT2D eigenvalue weighted by atomic mass is 15.0. The highest BCUT2D eigenvalue weighted by Gasteiger charge is 2.21. The van der Waals surface area contributed by atoms with Gasteiger partial charge in [-0.25, -0.2) is 0 Å². The summed E-state index contributed by atoms with van der Waals surface area (Å²) in [5.41, 5.74) is 3.67. The monoisotopic (exact) mass is 251 g/mol. The molecule has 98 valence electrons. The third kappa shape index (κ3) is 3.12. The van der Waals surface area contributed by atoms with Gasteiger partial charge in [0.15, 0.2) is 0 Å². The second-order valence-electron chi connectivity index (χ2n) is 5.05. The van der Waals surface area contributed by atoms with Gasteiger partial charge in [-0.2, -0.15) is 0 Å². The Morgan fingerprint density at radius 3 is 2.32 bits per heavy atom. The molecule has 0 aliphatic carbocycles. The highest BCUT2D eigenvalue weighted by molar-refractivity contribution is 5.30. The Kier molecular flexibility index (Phi) is 4.18. The van der Waals surface area contributed by atoms with E-state index in [1.807, 2.05) is 12.1 Å². The van der Waals surface area contributed by atoms with Crippen molar-refractivity contribution in [3.63, 3.8) is 0 Å². The Morgan fingerprint density at radius 2 is 1.68 bits per heavy atom. The maximum atomic E-state index is 3.98. The van der Waals surface area contributed by atoms with Gasteiger partial charge in [-0.05, 0) is 30.5 Å². The topological polar surface area (TPSA) is 12.0 Å². The lowest BCUT2D eigenvalue weighted by atomic mass is 9.91. The minimum absolute atomic E-state index is 0.205. The Labute approximate surface area is 116 Å². The number of hydrogen-bond donors (Lipinski definition) is 1. The lowest BCUT2D eigenvalue weighted by Gasteiger charge is -2.28. The van der Waals surface area contributed by atoms with E-state index in [1.54, 1.807) is 0 Å². The number of rotatable bonds is 5. The summed E-state index contributed by atoms with van der Waals surface area (Å²) in [6.07, 6.45) is 1.97. The maximum Gasteiger partial charge on any atom is 0.0591 e. The second-order valence-corrected chi connectivity index (χ2v) is 5.05. The lowest BCUT2D eigenvalue weighted by Crippen LogP contribution is -2.37. The first-order valence-electron chi connectivity index (χ1n) is 6.64. The summed E-state index contributed by atoms with van der Waals surface area (Å²) < 4.78 is 0. The number of benzene rings is 2. The first-order chi connectivity index (χ1) is 9.15. The van der Waals surface area contributed by atoms with Gasteiger partial charge in [0.2, 0.25) is 0 Å². The van der Waals surface area contributed by atoms with Crippen LogP contribution in [-0.4, -0.2) is 0 Å². The number of hydrogen-bond acceptors (Lipinski definition) is 1. The molecule has 0 aliphatic heterocycles. The van der Waals surface area contributed by atoms with Crippen LogP contribution in [-0.2, 0) is 12.1 Å². The standard InChI is InChI=1S/C18H21N/c1-4-18(3,17-12-6-5-7-13-17)19-14-16-11-9-8-10-15(16)2/h4-13,19H,1,14H2,2-3H3. The maximum absolute atomic E-state index is 3.98. The Morgan fingerprint density at radius 1 is 1.05 bits per heavy atom. The molecule has 0 saturated carbocycles. The van der Waals surface area contributed by atoms with Crippen molar-refractivity contribution in [3.8, 4) is 0 Å². The third-order valence-electron chi connectivity index (χ3n) is 3.69. The van der Waals surface area contributed by atoms with Crippen molar-refractivity contribution in [2.75, 3.05) is 0 Å². The van der Waals surface area contributed by atoms with Crippen molar-refractivity contribution < 1.29 is 0 Å². The minimum Gasteiger partial charge on any atom is -0.300 e. The zero-order valence-corrected chi connectivity index (χ0v) is 11.7. The summed E-state index contributed by atoms with van der Waals surface area (Å²) in [4.78, 5) is 0. The van der Waals surface area contributed by atoms with Gasteiger partial charge in [0, 0.05) is 6.54 Å². The predicted octanol–water partition coefficient (Wildman–Crippen LogP) is 4.19. The largest absolute Gasteiger partial charge is 0.300 e. The van der Waals surface area contributed by atoms with E-state index in [2.05, 4.69) is 74.3 Å². The van der Waals surface area contributed by atoms with Crippen LogP contribution in [0.3, 0.4) is 0 Å². The quantitative estimate of drug-likeness (QED) is 0.786. The molecule has 1 N–H and O–H groups in total. The average molecular weight is 251 g/mol. The van der Waals surface area contributed by atoms with Crippen LogP contribution in [0, 0.1) is 6.92 Å². The molecule has 0 heterocycles. The van der Waals surface area contributed by atoms with Gasteiger partial charge in [0.25, 0.3) is 0 Å². The van der Waals surface area contributed by atoms with E-state index in [0.29, 0.717) is 0 Å². The zero-order chi connectivity index (χ0) is 13.7. The van der Waals surface area contributed by atoms with Crippen molar-refractivity contribution >= 4 is 0 Å². The van der Waals surface area contributed by atoms with Crippen molar-refractivity contribution in [3.05, 3.63) is 83.9 Å². The lowest BCUT2D eigenvalue weighted by molar-refractivity contribution is 0.453. The summed E-state index contributed by atoms with van der Waals surface area (Å²) in [7, 11) is 0. The average Bonchev–Trinajstić information content (AvgIpc) is 2.47. The van der Waals surface area contributed by atoms with Crippen LogP contribution >= 0.6 is 0 Å². The summed E-state index contributed by atoms with van der Waals surface area (Å²) >= 11 is 0. The van der Waals surface area contributed by atoms with Gasteiger partial charge < -0.3 is 5.32 Å². The molecule has 1 unspecified atom stereocenters. The predicted molar refractivity (Wildman–Crippen MR) is 82.0 cm³/mol. The molecule has 0 spiro atoms. The van der Waals surface area contributed by atoms with E-state index >= 15 is 0 Å². The van der Waals surface area contributed by atoms with Gasteiger partial charge in [0.1, 0.15) is 0 Å². The van der Waals surface area contributed by atoms with Crippen molar-refractivity contribution in [2.45, 2.75) is 25.9 Å². The van der Waals surface area contributed by atoms with Crippen LogP contribution < -0.4 is 5.32 Å². The Balaban J connectivity index is 2.16. The van der Waals surface area contributed by atoms with Gasteiger partial charge in [-0.15, -0.1) is 6.58 Å². The summed E-state index contributed by atoms with van der Waals surface area (Å²) in [5.74, 6) is 0. The molecule has 0 aromatic heterocycles. The van der Waals surface area contributed by atoms with E-state index < -0.39 is 0 Å². The van der Waals surface area contributed by atoms with Crippen LogP contribution in [0.15, 0.2) is 67.3 Å². The summed E-state index contributed by atoms with van der Waals surface area (Å²) in [6, 6.07) is 18.9. The first kappa shape index (κ1) is 13.6. The molecule has 0 radical (unpaired) electrons. The minimum atomic E-state index is -0.205. The van der Waals surface area contributed by atoms with Crippen molar-refractivity contribution in [2.24, 2.45) is 0 Å². The fraction of sp³-hybridized carbons (Fsp3) is 0.222. The number of nitrogens with one attached hydrogen (secondary N) is 1. The molecule has 0 fully saturated rings. The van der Waals surface area contributed by atoms with E-state index in [-0.39, 0.29) is 5.54 Å². The van der Waals surface area contributed by atoms with Crippen LogP contribution in [0.2, 0.25) is 0 Å². The Bertz CT molecular complexity index is 545. The fourth-order valence-electron chi connectivity index (χ4n) is 2.16. The molecule has 0 bridgehead atoms. The fourth-order valence-corrected chi connectivity index (χ4v) is 2.16. The van der Waals surface area contributed by atoms with E-state index in [0.717, 1.165) is 6.54 Å². The molecule has 0 saturated heterocycles. The van der Waals surface area contributed by atoms with E-state index in [1.165, 1.54) is 16.7 Å². The smallest absolute Gasteiger partial charge is 0.0591 e. The molecule has 1 nitrogen and oxygen atoms in total. The number of aryl methyl sites for hydroxylation is 1. The summed E-state index contributed by atoms with van der Waals surface area (Å²) in [5, 5.41) is 3.60. The molecule has 1 heteroatoms. The molecular formula is C18H21N. The van der Waals surface area contributed by atoms with Gasteiger partial charge in [0.05, 0.1) is 5.54 Å². The van der Waals surface area contributed by atoms with E-state index in [9.17, 15) is 0 Å². The molecule has 2 aromatic carbocycles. The molecule has 1 atom stereocenters. The van der Waals surface area contributed by atoms with Crippen molar-refractivity contribution in [1.82, 2.24) is 5.32 Å². The third-order valence-corrected chi connectivity index (χ3v) is 3.69. The van der Waals surface area contributed by atoms with Crippen LogP contribution in [0.1, 0.15) is 23.6 Å². The molecule has 0 aliphatic rings. The molecule has 0 amide bonds. The molecular weight excluding hydrogens is 230 g/mol. The van der Waals surface area contributed by atoms with E-state index in [4.69, 9.17) is 0 Å². The van der Waals surface area contributed by atoms with Gasteiger partial charge >= 0.3 is 0 Å². The molecule has 19 heavy (non-hydrogen) atoms. The second kappa shape index (κ2) is 5.85. The van der Waals surface area contributed by atoms with Crippen molar-refractivity contribution in [1.29, 1.82) is 0 Å². The molecule has 2 aromatic rings. The molecule has 2 rings (SSSR count). The Hall–Kier alpha value is -1.86.